The van der Waals surface area contributed by atoms with Crippen LogP contribution in [0.1, 0.15) is 19.3 Å². The zero-order valence-corrected chi connectivity index (χ0v) is 29.9. The normalized spacial score (nSPS) is 35.9. The molecule has 270 valence electrons. The van der Waals surface area contributed by atoms with E-state index >= 15 is 0 Å². The van der Waals surface area contributed by atoms with Crippen LogP contribution < -0.4 is 20.0 Å². The summed E-state index contributed by atoms with van der Waals surface area (Å²) in [6.07, 6.45) is -0.895. The van der Waals surface area contributed by atoms with Crippen molar-refractivity contribution in [3.63, 3.8) is 0 Å². The largest absolute Gasteiger partial charge is 0.788 e. The lowest BCUT2D eigenvalue weighted by Gasteiger charge is -2.29. The number of nitrogens with one attached hydrogen (secondary N) is 2. The van der Waals surface area contributed by atoms with Crippen LogP contribution in [-0.4, -0.2) is 171 Å². The molecule has 6 radical (unpaired) electrons. The molecule has 0 saturated carbocycles. The van der Waals surface area contributed by atoms with Gasteiger partial charge in [-0.15, -0.1) is 0 Å². The molecule has 3 rings (SSSR count). The summed E-state index contributed by atoms with van der Waals surface area (Å²) >= 11 is 0. The Hall–Kier alpha value is 0.430. The molecule has 6 unspecified atom stereocenters. The Balaban J connectivity index is 0.000000359. The third-order valence-corrected chi connectivity index (χ3v) is 8.70. The summed E-state index contributed by atoms with van der Waals surface area (Å²) in [7, 11) is 12.0. The van der Waals surface area contributed by atoms with Gasteiger partial charge in [0, 0.05) is 78.9 Å². The van der Waals surface area contributed by atoms with E-state index < -0.39 is 52.6 Å². The Morgan fingerprint density at radius 3 is 1.68 bits per heavy atom. The Bertz CT molecular complexity index is 979. The number of hydrogen-bond acceptors (Lipinski definition) is 14. The first-order valence-electron chi connectivity index (χ1n) is 14.6. The van der Waals surface area contributed by atoms with Crippen LogP contribution in [0.4, 0.5) is 0 Å². The van der Waals surface area contributed by atoms with Gasteiger partial charge in [0.2, 0.25) is 0 Å². The summed E-state index contributed by atoms with van der Waals surface area (Å²) in [5, 5.41) is 14.4. The lowest BCUT2D eigenvalue weighted by molar-refractivity contribution is -0.205. The van der Waals surface area contributed by atoms with Crippen molar-refractivity contribution >= 4 is 53.4 Å². The molecule has 0 bridgehead atoms. The molecule has 0 amide bonds. The molecule has 16 nitrogen and oxygen atoms in total. The van der Waals surface area contributed by atoms with E-state index in [9.17, 15) is 23.5 Å². The van der Waals surface area contributed by atoms with Crippen molar-refractivity contribution in [1.29, 1.82) is 0 Å². The minimum Gasteiger partial charge on any atom is -0.788 e. The molecule has 3 saturated heterocycles. The van der Waals surface area contributed by atoms with Gasteiger partial charge in [-0.1, -0.05) is 0 Å². The number of aliphatic hydroxyl groups is 1. The molecule has 3 fully saturated rings. The molecule has 0 aromatic carbocycles. The smallest absolute Gasteiger partial charge is 0.132 e. The van der Waals surface area contributed by atoms with E-state index in [2.05, 4.69) is 10.2 Å². The van der Waals surface area contributed by atoms with Crippen LogP contribution in [0.25, 0.3) is 0 Å². The van der Waals surface area contributed by atoms with E-state index in [1.807, 2.05) is 0 Å². The van der Waals surface area contributed by atoms with Gasteiger partial charge in [-0.3, -0.25) is 10.2 Å². The van der Waals surface area contributed by atoms with Crippen molar-refractivity contribution in [2.24, 2.45) is 0 Å². The van der Waals surface area contributed by atoms with Crippen LogP contribution in [0, 0.1) is 0 Å². The van der Waals surface area contributed by atoms with Crippen LogP contribution in [-0.2, 0) is 51.4 Å². The lowest BCUT2D eigenvalue weighted by Crippen LogP contribution is -2.39. The summed E-state index contributed by atoms with van der Waals surface area (Å²) in [5.41, 5.74) is 0. The van der Waals surface area contributed by atoms with Crippen LogP contribution in [0.5, 0.6) is 0 Å². The van der Waals surface area contributed by atoms with Gasteiger partial charge in [0.15, 0.2) is 0 Å². The summed E-state index contributed by atoms with van der Waals surface area (Å²) < 4.78 is 75.5. The van der Waals surface area contributed by atoms with E-state index in [-0.39, 0.29) is 57.7 Å². The zero-order valence-electron chi connectivity index (χ0n) is 27.3. The fourth-order valence-corrected chi connectivity index (χ4v) is 7.19. The Morgan fingerprint density at radius 2 is 1.28 bits per heavy atom. The highest BCUT2D eigenvalue weighted by molar-refractivity contribution is 7.85. The van der Waals surface area contributed by atoms with Crippen molar-refractivity contribution in [3.8, 4) is 0 Å². The quantitative estimate of drug-likeness (QED) is 0.0820. The second kappa shape index (κ2) is 21.7. The van der Waals surface area contributed by atoms with E-state index in [1.54, 1.807) is 13.8 Å². The van der Waals surface area contributed by atoms with Gasteiger partial charge in [-0.05, 0) is 39.8 Å². The molecule has 0 aromatic rings. The maximum Gasteiger partial charge on any atom is 0.132 e. The fourth-order valence-electron chi connectivity index (χ4n) is 4.88. The maximum atomic E-state index is 11.7. The minimum atomic E-state index is -3.95. The number of aliphatic hydroxyl groups excluding tert-OH is 1. The second-order valence-electron chi connectivity index (χ2n) is 11.0. The van der Waals surface area contributed by atoms with Gasteiger partial charge in [0.25, 0.3) is 0 Å². The number of rotatable bonds is 16. The average molecular weight is 727 g/mol. The molecule has 13 atom stereocenters. The van der Waals surface area contributed by atoms with Crippen molar-refractivity contribution in [2.75, 3.05) is 74.4 Å². The molecule has 0 aromatic heterocycles. The van der Waals surface area contributed by atoms with Crippen molar-refractivity contribution in [3.05, 3.63) is 0 Å². The number of methoxy groups -OCH3 is 3. The molecular weight excluding hydrogens is 676 g/mol. The van der Waals surface area contributed by atoms with E-state index in [0.717, 1.165) is 19.8 Å². The predicted molar refractivity (Wildman–Crippen MR) is 179 cm³/mol. The predicted octanol–water partition coefficient (Wildman–Crippen LogP) is -3.02. The molecule has 0 aliphatic carbocycles. The topological polar surface area (TPSA) is 215 Å². The van der Waals surface area contributed by atoms with Gasteiger partial charge < -0.3 is 66.3 Å². The molecular formula is C24H50B4N2O14P3-3. The maximum absolute atomic E-state index is 11.7. The van der Waals surface area contributed by atoms with Crippen LogP contribution in [0.15, 0.2) is 0 Å². The standard InChI is InChI=1S/C10H20BO7P.C7H17B2NO3P.C7H15BNO4P/c1-15-6-7-8(18-19(2,13)14)9(10(11)17-7)16-5-3-4-12;1-12-4-6-5(3-7(8)13-6)10-14(2,9)11;1-12-4-6-5(3-7(8)13-6)9-14(2,10)11/h7-10,12H,3-6H2,1-2H3,(H,13,14);5-7H,3-4H2,1-2,9H3,(H,10,11);5-7H,3-4H2,1-2H3,(H2,9,10,11)/q;-1;/p-2/t7-,8?,9+,10-;5?,6-,7-,14?;5?,6-,7-/m111/s1. The number of hydrogen-bond donors (Lipinski definition) is 3. The third kappa shape index (κ3) is 19.0. The van der Waals surface area contributed by atoms with Gasteiger partial charge in [-0.25, -0.2) is 0 Å². The Kier molecular flexibility index (Phi) is 21.0. The molecule has 3 aliphatic rings. The zero-order chi connectivity index (χ0) is 36.0. The second-order valence-corrected chi connectivity index (χ2v) is 15.9. The van der Waals surface area contributed by atoms with Crippen LogP contribution >= 0.6 is 22.3 Å². The molecule has 0 spiro atoms. The first-order chi connectivity index (χ1) is 21.7. The number of ether oxygens (including phenoxy) is 7. The molecule has 47 heavy (non-hydrogen) atoms. The van der Waals surface area contributed by atoms with Gasteiger partial charge in [-0.2, -0.15) is 0 Å². The molecule has 3 N–H and O–H groups in total. The monoisotopic (exact) mass is 727 g/mol. The van der Waals surface area contributed by atoms with Gasteiger partial charge in [0.1, 0.15) is 49.4 Å². The summed E-state index contributed by atoms with van der Waals surface area (Å²) in [6, 6.07) is -1.65. The van der Waals surface area contributed by atoms with Crippen molar-refractivity contribution in [1.82, 2.24) is 10.2 Å². The molecule has 3 aliphatic heterocycles. The first-order valence-corrected chi connectivity index (χ1v) is 20.3. The average Bonchev–Trinajstić information content (AvgIpc) is 3.52. The summed E-state index contributed by atoms with van der Waals surface area (Å²) in [5.74, 6) is 0. The highest BCUT2D eigenvalue weighted by Gasteiger charge is 2.44. The van der Waals surface area contributed by atoms with Gasteiger partial charge >= 0.3 is 0 Å². The molecule has 3 heterocycles. The van der Waals surface area contributed by atoms with E-state index in [0.29, 0.717) is 26.1 Å². The van der Waals surface area contributed by atoms with Crippen LogP contribution in [0.3, 0.4) is 0 Å². The van der Waals surface area contributed by atoms with Crippen molar-refractivity contribution in [2.45, 2.75) is 79.9 Å². The Labute approximate surface area is 283 Å². The fraction of sp³-hybridized carbons (Fsp3) is 1.00. The summed E-state index contributed by atoms with van der Waals surface area (Å²) in [6.45, 7) is 5.14. The Morgan fingerprint density at radius 1 is 0.809 bits per heavy atom. The van der Waals surface area contributed by atoms with E-state index in [4.69, 9.17) is 66.3 Å². The van der Waals surface area contributed by atoms with Crippen molar-refractivity contribution < 1.29 is 66.3 Å². The highest BCUT2D eigenvalue weighted by Crippen LogP contribution is 2.39. The van der Waals surface area contributed by atoms with Gasteiger partial charge in [0.05, 0.1) is 39.5 Å². The minimum absolute atomic E-state index is 0.0241. The SMILES string of the molecule is [B][C@@H]1O[C@H](COC)C(OP(C)(=O)[O-])[C@@H]1OCCCO.[B][C@H]1CC(NP(C)(=O)[O-])[C@@H](COC)O1.[B][C@H]1CC(NP([BH3-])(C)=O)[C@@H](COC)O1. The van der Waals surface area contributed by atoms with Crippen LogP contribution in [0.2, 0.25) is 0 Å². The highest BCUT2D eigenvalue weighted by atomic mass is 31.2. The van der Waals surface area contributed by atoms with E-state index in [1.165, 1.54) is 14.2 Å². The third-order valence-electron chi connectivity index (χ3n) is 6.58. The summed E-state index contributed by atoms with van der Waals surface area (Å²) in [4.78, 5) is 22.3. The molecule has 23 heteroatoms. The first kappa shape index (κ1) is 45.5. The lowest BCUT2D eigenvalue weighted by atomic mass is 9.93.